The molecule has 0 aromatic heterocycles. The van der Waals surface area contributed by atoms with E-state index in [1.54, 1.807) is 12.1 Å². The van der Waals surface area contributed by atoms with Gasteiger partial charge in [-0.05, 0) is 56.0 Å². The van der Waals surface area contributed by atoms with Crippen LogP contribution in [0.3, 0.4) is 0 Å². The van der Waals surface area contributed by atoms with Crippen molar-refractivity contribution < 1.29 is 18.0 Å². The maximum absolute atomic E-state index is 12.8. The fourth-order valence-electron chi connectivity index (χ4n) is 2.99. The minimum atomic E-state index is -3.64. The molecule has 2 N–H and O–H groups in total. The molecule has 2 amide bonds. The molecule has 3 rings (SSSR count). The summed E-state index contributed by atoms with van der Waals surface area (Å²) in [6.07, 6.45) is 4.42. The van der Waals surface area contributed by atoms with Crippen LogP contribution in [0.1, 0.15) is 25.7 Å². The topological polar surface area (TPSA) is 95.6 Å². The first-order valence-electron chi connectivity index (χ1n) is 8.74. The molecule has 1 aliphatic carbocycles. The van der Waals surface area contributed by atoms with Crippen LogP contribution in [0.5, 0.6) is 0 Å². The van der Waals surface area contributed by atoms with E-state index in [-0.39, 0.29) is 35.2 Å². The molecule has 1 aromatic carbocycles. The molecule has 1 saturated heterocycles. The molecular weight excluding hydrogens is 354 g/mol. The van der Waals surface area contributed by atoms with Gasteiger partial charge in [-0.2, -0.15) is 4.31 Å². The largest absolute Gasteiger partial charge is 0.349 e. The number of amides is 2. The molecule has 8 heteroatoms. The van der Waals surface area contributed by atoms with Crippen molar-refractivity contribution in [3.05, 3.63) is 36.9 Å². The maximum atomic E-state index is 12.8. The standard InChI is InChI=1S/C18H23N3O4S/c1-2-17(22)19-15-4-3-11-21(12-15)26(24,25)16-9-7-14(8-10-16)20-18(23)13-5-6-13/h2,7-10,13,15H,1,3-6,11-12H2,(H,19,22)(H,20,23)/t15-/m0/s1. The third kappa shape index (κ3) is 4.31. The molecule has 1 aromatic rings. The number of nitrogens with one attached hydrogen (secondary N) is 2. The molecule has 1 saturated carbocycles. The highest BCUT2D eigenvalue weighted by Gasteiger charge is 2.31. The summed E-state index contributed by atoms with van der Waals surface area (Å²) in [5, 5.41) is 5.55. The summed E-state index contributed by atoms with van der Waals surface area (Å²) >= 11 is 0. The van der Waals surface area contributed by atoms with Crippen molar-refractivity contribution in [3.63, 3.8) is 0 Å². The van der Waals surface area contributed by atoms with Crippen molar-refractivity contribution in [1.82, 2.24) is 9.62 Å². The number of rotatable bonds is 6. The van der Waals surface area contributed by atoms with Gasteiger partial charge in [-0.25, -0.2) is 8.42 Å². The molecule has 0 unspecified atom stereocenters. The minimum Gasteiger partial charge on any atom is -0.349 e. The Bertz CT molecular complexity index is 800. The van der Waals surface area contributed by atoms with E-state index in [0.717, 1.165) is 19.3 Å². The Kier molecular flexibility index (Phi) is 5.43. The zero-order valence-electron chi connectivity index (χ0n) is 14.5. The van der Waals surface area contributed by atoms with Crippen LogP contribution in [0.25, 0.3) is 0 Å². The zero-order chi connectivity index (χ0) is 18.7. The lowest BCUT2D eigenvalue weighted by Crippen LogP contribution is -2.49. The maximum Gasteiger partial charge on any atom is 0.243 e. The lowest BCUT2D eigenvalue weighted by molar-refractivity contribution is -0.118. The number of piperidine rings is 1. The van der Waals surface area contributed by atoms with Gasteiger partial charge in [0.05, 0.1) is 4.90 Å². The highest BCUT2D eigenvalue weighted by molar-refractivity contribution is 7.89. The van der Waals surface area contributed by atoms with Gasteiger partial charge in [0.1, 0.15) is 0 Å². The Morgan fingerprint density at radius 2 is 1.85 bits per heavy atom. The molecule has 0 bridgehead atoms. The van der Waals surface area contributed by atoms with Gasteiger partial charge in [0.2, 0.25) is 21.8 Å². The van der Waals surface area contributed by atoms with E-state index in [0.29, 0.717) is 18.7 Å². The Balaban J connectivity index is 1.67. The molecule has 1 heterocycles. The van der Waals surface area contributed by atoms with Crippen LogP contribution in [0, 0.1) is 5.92 Å². The van der Waals surface area contributed by atoms with Gasteiger partial charge in [0, 0.05) is 30.7 Å². The molecule has 7 nitrogen and oxygen atoms in total. The first kappa shape index (κ1) is 18.6. The lowest BCUT2D eigenvalue weighted by atomic mass is 10.1. The number of anilines is 1. The van der Waals surface area contributed by atoms with Crippen LogP contribution in [0.4, 0.5) is 5.69 Å². The van der Waals surface area contributed by atoms with Gasteiger partial charge in [-0.3, -0.25) is 9.59 Å². The number of carbonyl (C=O) groups excluding carboxylic acids is 2. The third-order valence-corrected chi connectivity index (χ3v) is 6.50. The molecule has 0 spiro atoms. The van der Waals surface area contributed by atoms with Crippen LogP contribution in [-0.2, 0) is 19.6 Å². The van der Waals surface area contributed by atoms with E-state index in [9.17, 15) is 18.0 Å². The average molecular weight is 377 g/mol. The Hall–Kier alpha value is -2.19. The predicted octanol–water partition coefficient (Wildman–Crippen LogP) is 1.49. The SMILES string of the molecule is C=CC(=O)N[C@H]1CCCN(S(=O)(=O)c2ccc(NC(=O)C3CC3)cc2)C1. The minimum absolute atomic E-state index is 0.0163. The van der Waals surface area contributed by atoms with E-state index in [1.165, 1.54) is 22.5 Å². The molecule has 2 fully saturated rings. The van der Waals surface area contributed by atoms with Crippen LogP contribution in [0.2, 0.25) is 0 Å². The number of benzene rings is 1. The second kappa shape index (κ2) is 7.59. The average Bonchev–Trinajstić information content (AvgIpc) is 3.47. The Morgan fingerprint density at radius 3 is 2.46 bits per heavy atom. The number of sulfonamides is 1. The summed E-state index contributed by atoms with van der Waals surface area (Å²) in [6.45, 7) is 4.07. The summed E-state index contributed by atoms with van der Waals surface area (Å²) in [5.41, 5.74) is 0.593. The van der Waals surface area contributed by atoms with Crippen LogP contribution in [-0.4, -0.2) is 43.7 Å². The number of hydrogen-bond donors (Lipinski definition) is 2. The summed E-state index contributed by atoms with van der Waals surface area (Å²) in [5.74, 6) is -0.225. The first-order valence-corrected chi connectivity index (χ1v) is 10.2. The van der Waals surface area contributed by atoms with E-state index in [1.807, 2.05) is 0 Å². The smallest absolute Gasteiger partial charge is 0.243 e. The monoisotopic (exact) mass is 377 g/mol. The quantitative estimate of drug-likeness (QED) is 0.734. The van der Waals surface area contributed by atoms with Gasteiger partial charge in [0.25, 0.3) is 0 Å². The Morgan fingerprint density at radius 1 is 1.15 bits per heavy atom. The number of hydrogen-bond acceptors (Lipinski definition) is 4. The Labute approximate surface area is 153 Å². The van der Waals surface area contributed by atoms with Crippen LogP contribution >= 0.6 is 0 Å². The van der Waals surface area contributed by atoms with E-state index >= 15 is 0 Å². The van der Waals surface area contributed by atoms with Crippen molar-refractivity contribution >= 4 is 27.5 Å². The van der Waals surface area contributed by atoms with Crippen molar-refractivity contribution in [2.24, 2.45) is 5.92 Å². The van der Waals surface area contributed by atoms with E-state index < -0.39 is 10.0 Å². The van der Waals surface area contributed by atoms with Gasteiger partial charge in [0.15, 0.2) is 0 Å². The third-order valence-electron chi connectivity index (χ3n) is 4.62. The zero-order valence-corrected chi connectivity index (χ0v) is 15.3. The molecular formula is C18H23N3O4S. The van der Waals surface area contributed by atoms with E-state index in [2.05, 4.69) is 17.2 Å². The van der Waals surface area contributed by atoms with Gasteiger partial charge in [-0.1, -0.05) is 6.58 Å². The normalized spacial score (nSPS) is 21.0. The van der Waals surface area contributed by atoms with Crippen molar-refractivity contribution in [2.45, 2.75) is 36.6 Å². The molecule has 26 heavy (non-hydrogen) atoms. The van der Waals surface area contributed by atoms with Gasteiger partial charge in [-0.15, -0.1) is 0 Å². The van der Waals surface area contributed by atoms with Crippen molar-refractivity contribution in [2.75, 3.05) is 18.4 Å². The molecule has 2 aliphatic rings. The van der Waals surface area contributed by atoms with Gasteiger partial charge >= 0.3 is 0 Å². The molecule has 140 valence electrons. The summed E-state index contributed by atoms with van der Waals surface area (Å²) in [7, 11) is -3.64. The number of nitrogens with zero attached hydrogens (tertiary/aromatic N) is 1. The fraction of sp³-hybridized carbons (Fsp3) is 0.444. The summed E-state index contributed by atoms with van der Waals surface area (Å²) < 4.78 is 27.1. The highest BCUT2D eigenvalue weighted by atomic mass is 32.2. The molecule has 1 atom stereocenters. The summed E-state index contributed by atoms with van der Waals surface area (Å²) in [4.78, 5) is 23.4. The van der Waals surface area contributed by atoms with E-state index in [4.69, 9.17) is 0 Å². The second-order valence-corrected chi connectivity index (χ2v) is 8.64. The molecule has 0 radical (unpaired) electrons. The first-order chi connectivity index (χ1) is 12.4. The lowest BCUT2D eigenvalue weighted by Gasteiger charge is -2.32. The molecule has 1 aliphatic heterocycles. The second-order valence-electron chi connectivity index (χ2n) is 6.70. The fourth-order valence-corrected chi connectivity index (χ4v) is 4.51. The van der Waals surface area contributed by atoms with Crippen LogP contribution < -0.4 is 10.6 Å². The van der Waals surface area contributed by atoms with Gasteiger partial charge < -0.3 is 10.6 Å². The van der Waals surface area contributed by atoms with Crippen LogP contribution in [0.15, 0.2) is 41.8 Å². The predicted molar refractivity (Wildman–Crippen MR) is 97.9 cm³/mol. The number of carbonyl (C=O) groups is 2. The van der Waals surface area contributed by atoms with Crippen molar-refractivity contribution in [3.8, 4) is 0 Å². The van der Waals surface area contributed by atoms with Crippen molar-refractivity contribution in [1.29, 1.82) is 0 Å². The highest BCUT2D eigenvalue weighted by Crippen LogP contribution is 2.30. The summed E-state index contributed by atoms with van der Waals surface area (Å²) in [6, 6.07) is 6.00.